The predicted molar refractivity (Wildman–Crippen MR) is 141 cm³/mol. The van der Waals surface area contributed by atoms with Crippen molar-refractivity contribution in [1.82, 2.24) is 14.9 Å². The molecule has 3 atom stereocenters. The number of hydrogen-bond donors (Lipinski definition) is 1. The van der Waals surface area contributed by atoms with Gasteiger partial charge in [0.05, 0.1) is 23.9 Å². The quantitative estimate of drug-likeness (QED) is 0.350. The van der Waals surface area contributed by atoms with Crippen LogP contribution in [0.1, 0.15) is 50.5 Å². The first-order valence-corrected chi connectivity index (χ1v) is 13.8. The van der Waals surface area contributed by atoms with E-state index in [9.17, 15) is 9.59 Å². The van der Waals surface area contributed by atoms with Crippen LogP contribution < -0.4 is 15.6 Å². The lowest BCUT2D eigenvalue weighted by Gasteiger charge is -2.34. The highest BCUT2D eigenvalue weighted by Gasteiger charge is 2.28. The number of nitrogens with one attached hydrogen (secondary N) is 1. The molecule has 1 fully saturated rings. The van der Waals surface area contributed by atoms with Gasteiger partial charge in [-0.25, -0.2) is 4.98 Å². The standard InChI is InChI=1S/C26H33N3O3S2/c1-6-21-17(4)23-24(34-21)28-26(29(25(23)31)18-10-8-11-19(13-18)32-5)33-14-22(30)27-20-12-7-9-15(2)16(20)3/h8,10-11,13,15-16,20H,6-7,9,12,14H2,1-5H3,(H,27,30). The number of carbonyl (C=O) groups is 1. The summed E-state index contributed by atoms with van der Waals surface area (Å²) < 4.78 is 7.00. The number of benzene rings is 1. The molecule has 0 bridgehead atoms. The second-order valence-corrected chi connectivity index (χ2v) is 11.2. The van der Waals surface area contributed by atoms with Crippen molar-refractivity contribution < 1.29 is 9.53 Å². The molecule has 2 aromatic heterocycles. The van der Waals surface area contributed by atoms with Crippen molar-refractivity contribution in [2.24, 2.45) is 11.8 Å². The Morgan fingerprint density at radius 2 is 2.12 bits per heavy atom. The zero-order valence-electron chi connectivity index (χ0n) is 20.5. The van der Waals surface area contributed by atoms with Crippen LogP contribution in [0, 0.1) is 18.8 Å². The van der Waals surface area contributed by atoms with E-state index in [1.807, 2.05) is 31.2 Å². The largest absolute Gasteiger partial charge is 0.497 e. The molecule has 3 unspecified atom stereocenters. The third-order valence-corrected chi connectivity index (χ3v) is 9.32. The topological polar surface area (TPSA) is 73.2 Å². The van der Waals surface area contributed by atoms with Gasteiger partial charge in [-0.3, -0.25) is 14.2 Å². The molecule has 0 radical (unpaired) electrons. The van der Waals surface area contributed by atoms with E-state index in [0.29, 0.717) is 33.8 Å². The van der Waals surface area contributed by atoms with Crippen molar-refractivity contribution in [3.63, 3.8) is 0 Å². The number of hydrogen-bond acceptors (Lipinski definition) is 6. The summed E-state index contributed by atoms with van der Waals surface area (Å²) in [4.78, 5) is 33.4. The zero-order chi connectivity index (χ0) is 24.4. The number of thiophene rings is 1. The second kappa shape index (κ2) is 10.5. The van der Waals surface area contributed by atoms with Crippen LogP contribution in [-0.4, -0.2) is 34.4 Å². The maximum atomic E-state index is 13.7. The fourth-order valence-electron chi connectivity index (χ4n) is 4.79. The maximum absolute atomic E-state index is 13.7. The summed E-state index contributed by atoms with van der Waals surface area (Å²) in [6, 6.07) is 7.61. The molecule has 0 aliphatic heterocycles. The molecular formula is C26H33N3O3S2. The number of aromatic nitrogens is 2. The molecule has 1 aliphatic rings. The average molecular weight is 500 g/mol. The van der Waals surface area contributed by atoms with E-state index in [1.54, 1.807) is 23.0 Å². The van der Waals surface area contributed by atoms with Crippen LogP contribution in [0.3, 0.4) is 0 Å². The van der Waals surface area contributed by atoms with E-state index in [1.165, 1.54) is 18.2 Å². The van der Waals surface area contributed by atoms with Gasteiger partial charge in [0.1, 0.15) is 10.6 Å². The molecule has 1 aromatic carbocycles. The number of nitrogens with zero attached hydrogens (tertiary/aromatic N) is 2. The van der Waals surface area contributed by atoms with Gasteiger partial charge in [0.2, 0.25) is 5.91 Å². The molecule has 2 heterocycles. The van der Waals surface area contributed by atoms with Gasteiger partial charge in [-0.1, -0.05) is 51.4 Å². The van der Waals surface area contributed by atoms with Gasteiger partial charge in [0, 0.05) is 17.0 Å². The molecule has 8 heteroatoms. The first kappa shape index (κ1) is 24.8. The van der Waals surface area contributed by atoms with Crippen molar-refractivity contribution in [2.45, 2.75) is 64.6 Å². The summed E-state index contributed by atoms with van der Waals surface area (Å²) in [6.07, 6.45) is 4.25. The number of rotatable bonds is 7. The summed E-state index contributed by atoms with van der Waals surface area (Å²) in [7, 11) is 1.60. The Bertz CT molecular complexity index is 1250. The molecule has 4 rings (SSSR count). The third-order valence-electron chi connectivity index (χ3n) is 7.05. The Kier molecular flexibility index (Phi) is 7.67. The molecule has 34 heavy (non-hydrogen) atoms. The smallest absolute Gasteiger partial charge is 0.267 e. The molecule has 1 N–H and O–H groups in total. The summed E-state index contributed by atoms with van der Waals surface area (Å²) in [5.41, 5.74) is 1.57. The van der Waals surface area contributed by atoms with E-state index in [0.717, 1.165) is 34.5 Å². The zero-order valence-corrected chi connectivity index (χ0v) is 22.1. The SMILES string of the molecule is CCc1sc2nc(SCC(=O)NC3CCCC(C)C3C)n(-c3cccc(OC)c3)c(=O)c2c1C. The lowest BCUT2D eigenvalue weighted by molar-refractivity contribution is -0.120. The number of methoxy groups -OCH3 is 1. The molecule has 182 valence electrons. The lowest BCUT2D eigenvalue weighted by atomic mass is 9.78. The van der Waals surface area contributed by atoms with Crippen LogP contribution >= 0.6 is 23.1 Å². The van der Waals surface area contributed by atoms with Gasteiger partial charge >= 0.3 is 0 Å². The van der Waals surface area contributed by atoms with E-state index in [-0.39, 0.29) is 23.3 Å². The molecule has 1 amide bonds. The Morgan fingerprint density at radius 3 is 2.85 bits per heavy atom. The van der Waals surface area contributed by atoms with Crippen LogP contribution in [0.25, 0.3) is 15.9 Å². The highest BCUT2D eigenvalue weighted by atomic mass is 32.2. The number of carbonyl (C=O) groups excluding carboxylic acids is 1. The Morgan fingerprint density at radius 1 is 1.32 bits per heavy atom. The number of aryl methyl sites for hydroxylation is 2. The van der Waals surface area contributed by atoms with Crippen molar-refractivity contribution in [3.05, 3.63) is 45.1 Å². The van der Waals surface area contributed by atoms with E-state index in [2.05, 4.69) is 26.1 Å². The minimum Gasteiger partial charge on any atom is -0.497 e. The molecule has 1 saturated carbocycles. The van der Waals surface area contributed by atoms with E-state index >= 15 is 0 Å². The average Bonchev–Trinajstić information content (AvgIpc) is 3.16. The van der Waals surface area contributed by atoms with Crippen LogP contribution in [0.4, 0.5) is 0 Å². The normalized spacial score (nSPS) is 20.4. The molecule has 0 spiro atoms. The van der Waals surface area contributed by atoms with Gasteiger partial charge in [-0.2, -0.15) is 0 Å². The summed E-state index contributed by atoms with van der Waals surface area (Å²) in [5.74, 6) is 1.94. The van der Waals surface area contributed by atoms with Crippen molar-refractivity contribution in [3.8, 4) is 11.4 Å². The van der Waals surface area contributed by atoms with Crippen molar-refractivity contribution >= 4 is 39.2 Å². The second-order valence-electron chi connectivity index (χ2n) is 9.15. The van der Waals surface area contributed by atoms with Crippen LogP contribution in [0.15, 0.2) is 34.2 Å². The van der Waals surface area contributed by atoms with Crippen LogP contribution in [-0.2, 0) is 11.2 Å². The molecule has 6 nitrogen and oxygen atoms in total. The first-order chi connectivity index (χ1) is 16.3. The van der Waals surface area contributed by atoms with Gasteiger partial charge in [-0.05, 0) is 49.3 Å². The number of amides is 1. The molecular weight excluding hydrogens is 466 g/mol. The first-order valence-electron chi connectivity index (χ1n) is 12.0. The highest BCUT2D eigenvalue weighted by molar-refractivity contribution is 7.99. The summed E-state index contributed by atoms with van der Waals surface area (Å²) in [5, 5.41) is 4.41. The van der Waals surface area contributed by atoms with Crippen molar-refractivity contribution in [2.75, 3.05) is 12.9 Å². The highest BCUT2D eigenvalue weighted by Crippen LogP contribution is 2.32. The van der Waals surface area contributed by atoms with Gasteiger partial charge < -0.3 is 10.1 Å². The van der Waals surface area contributed by atoms with Crippen LogP contribution in [0.5, 0.6) is 5.75 Å². The van der Waals surface area contributed by atoms with Gasteiger partial charge in [-0.15, -0.1) is 11.3 Å². The third kappa shape index (κ3) is 4.89. The monoisotopic (exact) mass is 499 g/mol. The summed E-state index contributed by atoms with van der Waals surface area (Å²) in [6.45, 7) is 8.56. The lowest BCUT2D eigenvalue weighted by Crippen LogP contribution is -2.44. The fourth-order valence-corrected chi connectivity index (χ4v) is 6.77. The van der Waals surface area contributed by atoms with Gasteiger partial charge in [0.15, 0.2) is 5.16 Å². The number of fused-ring (bicyclic) bond motifs is 1. The Balaban J connectivity index is 1.68. The number of ether oxygens (including phenoxy) is 1. The fraction of sp³-hybridized carbons (Fsp3) is 0.500. The van der Waals surface area contributed by atoms with Gasteiger partial charge in [0.25, 0.3) is 5.56 Å². The minimum absolute atomic E-state index is 0.0147. The van der Waals surface area contributed by atoms with Crippen molar-refractivity contribution in [1.29, 1.82) is 0 Å². The summed E-state index contributed by atoms with van der Waals surface area (Å²) >= 11 is 2.88. The number of thioether (sulfide) groups is 1. The van der Waals surface area contributed by atoms with E-state index in [4.69, 9.17) is 9.72 Å². The molecule has 3 aromatic rings. The molecule has 1 aliphatic carbocycles. The Labute approximate surface area is 209 Å². The van der Waals surface area contributed by atoms with E-state index < -0.39 is 0 Å². The Hall–Kier alpha value is -2.32. The predicted octanol–water partition coefficient (Wildman–Crippen LogP) is 5.36. The van der Waals surface area contributed by atoms with Crippen LogP contribution in [0.2, 0.25) is 0 Å². The maximum Gasteiger partial charge on any atom is 0.267 e. The molecule has 0 saturated heterocycles. The minimum atomic E-state index is -0.107.